The first kappa shape index (κ1) is 19.0. The van der Waals surface area contributed by atoms with Crippen molar-refractivity contribution >= 4 is 29.9 Å². The van der Waals surface area contributed by atoms with Gasteiger partial charge in [-0.25, -0.2) is 0 Å². The second-order valence-corrected chi connectivity index (χ2v) is 6.73. The van der Waals surface area contributed by atoms with Crippen LogP contribution in [0.15, 0.2) is 65.7 Å². The van der Waals surface area contributed by atoms with Crippen LogP contribution in [-0.4, -0.2) is 48.0 Å². The molecule has 0 radical (unpaired) electrons. The van der Waals surface area contributed by atoms with Gasteiger partial charge >= 0.3 is 0 Å². The maximum absolute atomic E-state index is 6.18. The molecule has 5 heteroatoms. The normalized spacial score (nSPS) is 19.7. The number of halogens is 1. The molecule has 4 rings (SSSR count). The molecule has 1 unspecified atom stereocenters. The predicted octanol–water partition coefficient (Wildman–Crippen LogP) is 4.02. The highest BCUT2D eigenvalue weighted by atomic mass is 127. The van der Waals surface area contributed by atoms with Crippen molar-refractivity contribution in [2.24, 2.45) is 4.99 Å². The maximum Gasteiger partial charge on any atom is 0.197 e. The lowest BCUT2D eigenvalue weighted by Gasteiger charge is -2.37. The van der Waals surface area contributed by atoms with Crippen molar-refractivity contribution in [3.8, 4) is 5.75 Å². The molecule has 26 heavy (non-hydrogen) atoms. The molecule has 0 bridgehead atoms. The first-order valence-electron chi connectivity index (χ1n) is 9.18. The van der Waals surface area contributed by atoms with Gasteiger partial charge in [-0.15, -0.1) is 24.0 Å². The van der Waals surface area contributed by atoms with Gasteiger partial charge in [0.15, 0.2) is 5.96 Å². The fraction of sp³-hybridized carbons (Fsp3) is 0.381. The molecular weight excluding hydrogens is 437 g/mol. The standard InChI is InChI=1S/C21H25N3O.HI/c1-3-8-18(9-4-1)16-24-15-13-22-21(24)23-14-7-12-20(17-23)25-19-10-5-2-6-11-19;/h1-6,8-11,20H,7,12-17H2;1H. The molecule has 1 fully saturated rings. The van der Waals surface area contributed by atoms with Gasteiger partial charge in [0.05, 0.1) is 13.1 Å². The van der Waals surface area contributed by atoms with Crippen LogP contribution in [0.1, 0.15) is 18.4 Å². The molecule has 0 aliphatic carbocycles. The lowest BCUT2D eigenvalue weighted by Crippen LogP contribution is -2.49. The highest BCUT2D eigenvalue weighted by Crippen LogP contribution is 2.21. The Bertz CT molecular complexity index is 708. The fourth-order valence-corrected chi connectivity index (χ4v) is 3.63. The first-order valence-corrected chi connectivity index (χ1v) is 9.18. The van der Waals surface area contributed by atoms with Gasteiger partial charge in [-0.05, 0) is 30.5 Å². The number of guanidine groups is 1. The molecule has 4 nitrogen and oxygen atoms in total. The molecule has 0 aromatic heterocycles. The Morgan fingerprint density at radius 3 is 2.46 bits per heavy atom. The molecule has 2 aliphatic heterocycles. The van der Waals surface area contributed by atoms with Gasteiger partial charge in [-0.1, -0.05) is 48.5 Å². The third-order valence-electron chi connectivity index (χ3n) is 4.83. The van der Waals surface area contributed by atoms with Crippen molar-refractivity contribution in [2.75, 3.05) is 26.2 Å². The molecule has 1 atom stereocenters. The lowest BCUT2D eigenvalue weighted by molar-refractivity contribution is 0.118. The summed E-state index contributed by atoms with van der Waals surface area (Å²) in [6.45, 7) is 4.81. The number of benzene rings is 2. The minimum Gasteiger partial charge on any atom is -0.489 e. The summed E-state index contributed by atoms with van der Waals surface area (Å²) in [6.07, 6.45) is 2.49. The number of rotatable bonds is 4. The number of para-hydroxylation sites is 1. The van der Waals surface area contributed by atoms with E-state index in [1.54, 1.807) is 0 Å². The van der Waals surface area contributed by atoms with Crippen molar-refractivity contribution in [1.82, 2.24) is 9.80 Å². The van der Waals surface area contributed by atoms with Crippen LogP contribution in [0.2, 0.25) is 0 Å². The highest BCUT2D eigenvalue weighted by molar-refractivity contribution is 14.0. The van der Waals surface area contributed by atoms with Crippen LogP contribution in [0.4, 0.5) is 0 Å². The van der Waals surface area contributed by atoms with Crippen molar-refractivity contribution in [3.05, 3.63) is 66.2 Å². The Morgan fingerprint density at radius 2 is 1.69 bits per heavy atom. The Morgan fingerprint density at radius 1 is 0.962 bits per heavy atom. The summed E-state index contributed by atoms with van der Waals surface area (Å²) in [5.74, 6) is 2.11. The topological polar surface area (TPSA) is 28.1 Å². The Labute approximate surface area is 172 Å². The van der Waals surface area contributed by atoms with E-state index in [0.717, 1.165) is 57.3 Å². The van der Waals surface area contributed by atoms with E-state index in [-0.39, 0.29) is 30.1 Å². The lowest BCUT2D eigenvalue weighted by atomic mass is 10.1. The minimum atomic E-state index is 0. The summed E-state index contributed by atoms with van der Waals surface area (Å²) in [4.78, 5) is 9.60. The van der Waals surface area contributed by atoms with Crippen LogP contribution in [0.5, 0.6) is 5.75 Å². The molecule has 0 spiro atoms. The van der Waals surface area contributed by atoms with Gasteiger partial charge < -0.3 is 14.5 Å². The van der Waals surface area contributed by atoms with Crippen molar-refractivity contribution in [1.29, 1.82) is 0 Å². The van der Waals surface area contributed by atoms with Gasteiger partial charge in [0.25, 0.3) is 0 Å². The van der Waals surface area contributed by atoms with E-state index in [1.807, 2.05) is 30.3 Å². The first-order chi connectivity index (χ1) is 12.4. The van der Waals surface area contributed by atoms with E-state index in [2.05, 4.69) is 40.1 Å². The Balaban J connectivity index is 0.00000196. The quantitative estimate of drug-likeness (QED) is 0.642. The average Bonchev–Trinajstić information content (AvgIpc) is 3.12. The molecule has 0 saturated carbocycles. The largest absolute Gasteiger partial charge is 0.489 e. The van der Waals surface area contributed by atoms with E-state index in [0.29, 0.717) is 0 Å². The van der Waals surface area contributed by atoms with Crippen LogP contribution >= 0.6 is 24.0 Å². The zero-order valence-corrected chi connectivity index (χ0v) is 17.3. The number of ether oxygens (including phenoxy) is 1. The molecule has 2 heterocycles. The van der Waals surface area contributed by atoms with Gasteiger partial charge in [0, 0.05) is 19.6 Å². The molecule has 138 valence electrons. The number of likely N-dealkylation sites (tertiary alicyclic amines) is 1. The van der Waals surface area contributed by atoms with Gasteiger partial charge in [0.1, 0.15) is 11.9 Å². The van der Waals surface area contributed by atoms with E-state index in [9.17, 15) is 0 Å². The number of hydrogen-bond donors (Lipinski definition) is 0. The van der Waals surface area contributed by atoms with Crippen LogP contribution in [0, 0.1) is 0 Å². The van der Waals surface area contributed by atoms with E-state index < -0.39 is 0 Å². The summed E-state index contributed by atoms with van der Waals surface area (Å²) < 4.78 is 6.18. The average molecular weight is 463 g/mol. The minimum absolute atomic E-state index is 0. The van der Waals surface area contributed by atoms with E-state index >= 15 is 0 Å². The van der Waals surface area contributed by atoms with E-state index in [4.69, 9.17) is 9.73 Å². The smallest absolute Gasteiger partial charge is 0.197 e. The summed E-state index contributed by atoms with van der Waals surface area (Å²) in [6, 6.07) is 20.8. The fourth-order valence-electron chi connectivity index (χ4n) is 3.63. The molecule has 2 aromatic rings. The van der Waals surface area contributed by atoms with Crippen molar-refractivity contribution in [3.63, 3.8) is 0 Å². The molecule has 2 aliphatic rings. The van der Waals surface area contributed by atoms with Crippen LogP contribution in [0.3, 0.4) is 0 Å². The number of piperidine rings is 1. The molecular formula is C21H26IN3O. The number of hydrogen-bond acceptors (Lipinski definition) is 4. The van der Waals surface area contributed by atoms with Gasteiger partial charge in [0.2, 0.25) is 0 Å². The SMILES string of the molecule is I.c1ccc(CN2CCN=C2N2CCCC(Oc3ccccc3)C2)cc1. The van der Waals surface area contributed by atoms with Crippen molar-refractivity contribution in [2.45, 2.75) is 25.5 Å². The summed E-state index contributed by atoms with van der Waals surface area (Å²) >= 11 is 0. The third-order valence-corrected chi connectivity index (χ3v) is 4.83. The maximum atomic E-state index is 6.18. The summed E-state index contributed by atoms with van der Waals surface area (Å²) in [5, 5.41) is 0. The Kier molecular flexibility index (Phi) is 6.77. The molecule has 0 amide bonds. The van der Waals surface area contributed by atoms with Gasteiger partial charge in [-0.2, -0.15) is 0 Å². The second-order valence-electron chi connectivity index (χ2n) is 6.73. The monoisotopic (exact) mass is 463 g/mol. The van der Waals surface area contributed by atoms with Crippen LogP contribution in [-0.2, 0) is 6.54 Å². The number of aliphatic imine (C=N–C) groups is 1. The summed E-state index contributed by atoms with van der Waals surface area (Å²) in [5.41, 5.74) is 1.34. The van der Waals surface area contributed by atoms with E-state index in [1.165, 1.54) is 5.56 Å². The third kappa shape index (κ3) is 4.69. The molecule has 2 aromatic carbocycles. The zero-order chi connectivity index (χ0) is 16.9. The number of nitrogens with zero attached hydrogens (tertiary/aromatic N) is 3. The van der Waals surface area contributed by atoms with Gasteiger partial charge in [-0.3, -0.25) is 4.99 Å². The highest BCUT2D eigenvalue weighted by Gasteiger charge is 2.28. The van der Waals surface area contributed by atoms with Crippen LogP contribution in [0.25, 0.3) is 0 Å². The zero-order valence-electron chi connectivity index (χ0n) is 15.0. The second kappa shape index (κ2) is 9.26. The molecule has 1 saturated heterocycles. The predicted molar refractivity (Wildman–Crippen MR) is 116 cm³/mol. The Hall–Kier alpha value is -1.76. The summed E-state index contributed by atoms with van der Waals surface area (Å²) in [7, 11) is 0. The van der Waals surface area contributed by atoms with Crippen LogP contribution < -0.4 is 4.74 Å². The van der Waals surface area contributed by atoms with Crippen molar-refractivity contribution < 1.29 is 4.74 Å². The molecule has 0 N–H and O–H groups in total.